The summed E-state index contributed by atoms with van der Waals surface area (Å²) in [5.74, 6) is 0. The lowest BCUT2D eigenvalue weighted by Crippen LogP contribution is -1.92. The van der Waals surface area contributed by atoms with Crippen molar-refractivity contribution in [2.24, 2.45) is 0 Å². The number of fused-ring (bicyclic) bond motifs is 5. The monoisotopic (exact) mass is 786 g/mol. The van der Waals surface area contributed by atoms with Gasteiger partial charge in [0.15, 0.2) is 0 Å². The second-order valence-corrected chi connectivity index (χ2v) is 16.2. The molecule has 0 fully saturated rings. The molecule has 4 heterocycles. The highest BCUT2D eigenvalue weighted by molar-refractivity contribution is 6.27. The fraction of sp³-hybridized carbons (Fsp3) is 0. The molecule has 4 aromatic heterocycles. The van der Waals surface area contributed by atoms with Crippen LogP contribution in [0.4, 0.5) is 0 Å². The van der Waals surface area contributed by atoms with Crippen molar-refractivity contribution >= 4 is 75.9 Å². The second kappa shape index (κ2) is 13.6. The molecule has 0 saturated carbocycles. The third-order valence-electron chi connectivity index (χ3n) is 12.7. The van der Waals surface area contributed by atoms with Crippen molar-refractivity contribution in [3.8, 4) is 55.9 Å². The summed E-state index contributed by atoms with van der Waals surface area (Å²) in [6.45, 7) is 0. The third-order valence-corrected chi connectivity index (χ3v) is 12.7. The van der Waals surface area contributed by atoms with Crippen LogP contribution < -0.4 is 0 Å². The van der Waals surface area contributed by atoms with Gasteiger partial charge in [0.05, 0.1) is 33.5 Å². The lowest BCUT2D eigenvalue weighted by molar-refractivity contribution is 1.36. The van der Waals surface area contributed by atoms with E-state index < -0.39 is 0 Å². The first-order chi connectivity index (χ1) is 30.7. The van der Waals surface area contributed by atoms with Gasteiger partial charge in [-0.25, -0.2) is 9.97 Å². The van der Waals surface area contributed by atoms with Crippen molar-refractivity contribution < 1.29 is 0 Å². The number of hydrogen-bond donors (Lipinski definition) is 0. The zero-order valence-corrected chi connectivity index (χ0v) is 33.4. The van der Waals surface area contributed by atoms with Crippen LogP contribution in [0.2, 0.25) is 0 Å². The second-order valence-electron chi connectivity index (χ2n) is 16.2. The average molecular weight is 787 g/mol. The van der Waals surface area contributed by atoms with E-state index in [1.165, 1.54) is 49.0 Å². The van der Waals surface area contributed by atoms with Gasteiger partial charge in [0.25, 0.3) is 0 Å². The Bertz CT molecular complexity index is 3930. The lowest BCUT2D eigenvalue weighted by atomic mass is 9.87. The van der Waals surface area contributed by atoms with Crippen molar-refractivity contribution in [3.05, 3.63) is 207 Å². The molecule has 0 atom stereocenters. The summed E-state index contributed by atoms with van der Waals surface area (Å²) in [4.78, 5) is 19.9. The van der Waals surface area contributed by atoms with E-state index in [9.17, 15) is 0 Å². The predicted molar refractivity (Wildman–Crippen MR) is 259 cm³/mol. The molecule has 0 aliphatic carbocycles. The molecule has 0 saturated heterocycles. The van der Waals surface area contributed by atoms with Gasteiger partial charge in [-0.3, -0.25) is 9.97 Å². The Labute approximate surface area is 356 Å². The Hall–Kier alpha value is -8.34. The summed E-state index contributed by atoms with van der Waals surface area (Å²) < 4.78 is 0. The van der Waals surface area contributed by atoms with Crippen LogP contribution in [0.3, 0.4) is 0 Å². The largest absolute Gasteiger partial charge is 0.256 e. The molecule has 0 radical (unpaired) electrons. The molecule has 286 valence electrons. The smallest absolute Gasteiger partial charge is 0.0972 e. The highest BCUT2D eigenvalue weighted by Gasteiger charge is 2.17. The maximum Gasteiger partial charge on any atom is 0.0972 e. The van der Waals surface area contributed by atoms with E-state index in [2.05, 4.69) is 187 Å². The summed E-state index contributed by atoms with van der Waals surface area (Å²) in [5, 5.41) is 11.9. The molecule has 0 aliphatic heterocycles. The molecule has 0 N–H and O–H groups in total. The number of nitrogens with zero attached hydrogens (tertiary/aromatic N) is 4. The van der Waals surface area contributed by atoms with E-state index in [0.717, 1.165) is 82.8 Å². The van der Waals surface area contributed by atoms with Crippen LogP contribution in [0.25, 0.3) is 132 Å². The fourth-order valence-corrected chi connectivity index (χ4v) is 9.55. The van der Waals surface area contributed by atoms with Gasteiger partial charge >= 0.3 is 0 Å². The van der Waals surface area contributed by atoms with Gasteiger partial charge < -0.3 is 0 Å². The van der Waals surface area contributed by atoms with E-state index in [1.54, 1.807) is 0 Å². The summed E-state index contributed by atoms with van der Waals surface area (Å²) in [5.41, 5.74) is 14.8. The van der Waals surface area contributed by atoms with Crippen molar-refractivity contribution in [2.75, 3.05) is 0 Å². The van der Waals surface area contributed by atoms with Gasteiger partial charge in [-0.2, -0.15) is 0 Å². The summed E-state index contributed by atoms with van der Waals surface area (Å²) >= 11 is 0. The molecule has 0 amide bonds. The van der Waals surface area contributed by atoms with Crippen molar-refractivity contribution in [2.45, 2.75) is 0 Å². The van der Waals surface area contributed by atoms with Crippen LogP contribution in [0.1, 0.15) is 0 Å². The van der Waals surface area contributed by atoms with E-state index in [-0.39, 0.29) is 0 Å². The zero-order valence-electron chi connectivity index (χ0n) is 33.4. The van der Waals surface area contributed by atoms with Gasteiger partial charge in [0.1, 0.15) is 0 Å². The molecule has 4 nitrogen and oxygen atoms in total. The number of benzene rings is 9. The molecule has 9 aromatic carbocycles. The van der Waals surface area contributed by atoms with Gasteiger partial charge in [-0.15, -0.1) is 0 Å². The van der Waals surface area contributed by atoms with Gasteiger partial charge in [-0.05, 0) is 109 Å². The standard InChI is InChI=1S/C58H34N4/c1-2-9-51-43(5-1)33-46(34-60-51)48-24-17-38-18-25-49-47(23-16-37-19-26-50(48)56(38)55(37)49)42-6-3-7-45(32-42)54-29-21-40-15-14-39-20-28-53(61-57(39)58(40)62-54)36-12-10-35(11-13-36)41-22-27-52-44(31-41)8-4-30-59-52/h1-34H. The summed E-state index contributed by atoms with van der Waals surface area (Å²) in [7, 11) is 0. The van der Waals surface area contributed by atoms with Crippen molar-refractivity contribution in [1.29, 1.82) is 0 Å². The van der Waals surface area contributed by atoms with Crippen LogP contribution in [0.5, 0.6) is 0 Å². The van der Waals surface area contributed by atoms with Crippen LogP contribution in [0, 0.1) is 0 Å². The van der Waals surface area contributed by atoms with E-state index in [4.69, 9.17) is 15.0 Å². The Balaban J connectivity index is 0.880. The van der Waals surface area contributed by atoms with Crippen LogP contribution in [-0.2, 0) is 0 Å². The Kier molecular flexibility index (Phi) is 7.57. The molecule has 0 bridgehead atoms. The van der Waals surface area contributed by atoms with Crippen LogP contribution in [-0.4, -0.2) is 19.9 Å². The molecule has 4 heteroatoms. The number of hydrogen-bond acceptors (Lipinski definition) is 4. The average Bonchev–Trinajstić information content (AvgIpc) is 3.35. The molecular formula is C58H34N4. The first kappa shape index (κ1) is 34.5. The van der Waals surface area contributed by atoms with E-state index >= 15 is 0 Å². The van der Waals surface area contributed by atoms with Crippen molar-refractivity contribution in [3.63, 3.8) is 0 Å². The molecule has 0 unspecified atom stereocenters. The highest BCUT2D eigenvalue weighted by Crippen LogP contribution is 2.43. The third kappa shape index (κ3) is 5.54. The van der Waals surface area contributed by atoms with Gasteiger partial charge in [0.2, 0.25) is 0 Å². The van der Waals surface area contributed by atoms with Crippen molar-refractivity contribution in [1.82, 2.24) is 19.9 Å². The predicted octanol–water partition coefficient (Wildman–Crippen LogP) is 15.1. The number of para-hydroxylation sites is 1. The minimum atomic E-state index is 0.897. The minimum absolute atomic E-state index is 0.897. The Morgan fingerprint density at radius 1 is 0.290 bits per heavy atom. The lowest BCUT2D eigenvalue weighted by Gasteiger charge is -2.17. The first-order valence-corrected chi connectivity index (χ1v) is 21.0. The molecule has 13 aromatic rings. The number of pyridine rings is 4. The maximum atomic E-state index is 5.34. The van der Waals surface area contributed by atoms with Gasteiger partial charge in [-0.1, -0.05) is 146 Å². The van der Waals surface area contributed by atoms with E-state index in [1.807, 2.05) is 24.5 Å². The molecule has 62 heavy (non-hydrogen) atoms. The molecule has 0 aliphatic rings. The topological polar surface area (TPSA) is 51.6 Å². The molecule has 13 rings (SSSR count). The van der Waals surface area contributed by atoms with Crippen LogP contribution in [0.15, 0.2) is 207 Å². The SMILES string of the molecule is c1cc(-c2ccc3ccc4ccc(-c5ccc(-c6ccc7ncccc7c6)cc5)nc4c3n2)cc(-c2ccc3ccc4c(-c5cnc6ccccc6c5)ccc5ccc2c3c54)c1. The van der Waals surface area contributed by atoms with Crippen LogP contribution >= 0.6 is 0 Å². The molecule has 0 spiro atoms. The number of rotatable bonds is 5. The van der Waals surface area contributed by atoms with Gasteiger partial charge in [0, 0.05) is 50.6 Å². The Morgan fingerprint density at radius 3 is 1.58 bits per heavy atom. The zero-order chi connectivity index (χ0) is 40.7. The number of aromatic nitrogens is 4. The minimum Gasteiger partial charge on any atom is -0.256 e. The Morgan fingerprint density at radius 2 is 0.839 bits per heavy atom. The molecular weight excluding hydrogens is 753 g/mol. The maximum absolute atomic E-state index is 5.34. The normalized spacial score (nSPS) is 11.9. The fourth-order valence-electron chi connectivity index (χ4n) is 9.55. The van der Waals surface area contributed by atoms with E-state index in [0.29, 0.717) is 0 Å². The summed E-state index contributed by atoms with van der Waals surface area (Å²) in [6, 6.07) is 69.6. The summed E-state index contributed by atoms with van der Waals surface area (Å²) in [6.07, 6.45) is 3.84. The first-order valence-electron chi connectivity index (χ1n) is 21.0. The highest BCUT2D eigenvalue weighted by atomic mass is 14.8. The quantitative estimate of drug-likeness (QED) is 0.163.